The average Bonchev–Trinajstić information content (AvgIpc) is 2.26. The first-order valence-corrected chi connectivity index (χ1v) is 6.49. The third-order valence-corrected chi connectivity index (χ3v) is 4.16. The highest BCUT2D eigenvalue weighted by atomic mass is 32.2. The van der Waals surface area contributed by atoms with Crippen LogP contribution in [-0.4, -0.2) is 43.3 Å². The van der Waals surface area contributed by atoms with Crippen LogP contribution in [-0.2, 0) is 14.8 Å². The van der Waals surface area contributed by atoms with Gasteiger partial charge in [0.2, 0.25) is 15.9 Å². The molecule has 1 rings (SSSR count). The molecule has 7 nitrogen and oxygen atoms in total. The molecule has 0 aliphatic carbocycles. The predicted molar refractivity (Wildman–Crippen MR) is 62.3 cm³/mol. The van der Waals surface area contributed by atoms with Gasteiger partial charge in [0.25, 0.3) is 0 Å². The molecule has 0 atom stereocenters. The molecular formula is C10H10F2N2O5S. The Labute approximate surface area is 112 Å². The van der Waals surface area contributed by atoms with Crippen LogP contribution in [0.5, 0.6) is 0 Å². The molecule has 110 valence electrons. The summed E-state index contributed by atoms with van der Waals surface area (Å²) in [6, 6.07) is 1.08. The zero-order chi connectivity index (χ0) is 15.7. The van der Waals surface area contributed by atoms with Crippen LogP contribution in [0.3, 0.4) is 0 Å². The summed E-state index contributed by atoms with van der Waals surface area (Å²) in [6.07, 6.45) is 0. The Morgan fingerprint density at radius 1 is 1.35 bits per heavy atom. The van der Waals surface area contributed by atoms with Gasteiger partial charge in [-0.3, -0.25) is 4.79 Å². The van der Waals surface area contributed by atoms with Crippen LogP contribution in [0.2, 0.25) is 0 Å². The largest absolute Gasteiger partial charge is 0.477 e. The SMILES string of the molecule is CN(CC(N)=O)S(=O)(=O)c1ccc(F)c(C(=O)O)c1F. The number of likely N-dealkylation sites (N-methyl/N-ethyl adjacent to an activating group) is 1. The summed E-state index contributed by atoms with van der Waals surface area (Å²) in [7, 11) is -3.56. The Balaban J connectivity index is 3.44. The molecule has 1 amide bonds. The van der Waals surface area contributed by atoms with E-state index in [1.54, 1.807) is 0 Å². The molecule has 0 bridgehead atoms. The second-order valence-corrected chi connectivity index (χ2v) is 5.78. The number of nitrogens with two attached hydrogens (primary N) is 1. The van der Waals surface area contributed by atoms with E-state index in [0.29, 0.717) is 16.4 Å². The molecule has 0 aromatic heterocycles. The predicted octanol–water partition coefficient (Wildman–Crippen LogP) is -0.231. The molecule has 10 heteroatoms. The number of nitrogens with zero attached hydrogens (tertiary/aromatic N) is 1. The fraction of sp³-hybridized carbons (Fsp3) is 0.200. The van der Waals surface area contributed by atoms with Gasteiger partial charge in [0.05, 0.1) is 6.54 Å². The topological polar surface area (TPSA) is 118 Å². The number of rotatable bonds is 5. The van der Waals surface area contributed by atoms with Crippen molar-refractivity contribution in [2.24, 2.45) is 5.73 Å². The Morgan fingerprint density at radius 3 is 2.35 bits per heavy atom. The maximum Gasteiger partial charge on any atom is 0.341 e. The smallest absolute Gasteiger partial charge is 0.341 e. The lowest BCUT2D eigenvalue weighted by Crippen LogP contribution is -2.36. The summed E-state index contributed by atoms with van der Waals surface area (Å²) >= 11 is 0. The Morgan fingerprint density at radius 2 is 1.90 bits per heavy atom. The highest BCUT2D eigenvalue weighted by Crippen LogP contribution is 2.23. The van der Waals surface area contributed by atoms with Crippen LogP contribution in [0.4, 0.5) is 8.78 Å². The molecule has 20 heavy (non-hydrogen) atoms. The molecule has 0 fully saturated rings. The van der Waals surface area contributed by atoms with Crippen molar-refractivity contribution in [1.82, 2.24) is 4.31 Å². The number of benzene rings is 1. The first-order chi connectivity index (χ1) is 9.09. The quantitative estimate of drug-likeness (QED) is 0.779. The molecule has 1 aromatic rings. The summed E-state index contributed by atoms with van der Waals surface area (Å²) in [5.74, 6) is -6.09. The number of amides is 1. The summed E-state index contributed by atoms with van der Waals surface area (Å²) < 4.78 is 51.3. The summed E-state index contributed by atoms with van der Waals surface area (Å²) in [4.78, 5) is 20.3. The van der Waals surface area contributed by atoms with Gasteiger partial charge in [0, 0.05) is 7.05 Å². The highest BCUT2D eigenvalue weighted by molar-refractivity contribution is 7.89. The minimum absolute atomic E-state index is 0.428. The van der Waals surface area contributed by atoms with Crippen LogP contribution < -0.4 is 5.73 Å². The molecule has 0 saturated heterocycles. The number of hydrogen-bond donors (Lipinski definition) is 2. The van der Waals surface area contributed by atoms with Gasteiger partial charge in [-0.15, -0.1) is 0 Å². The summed E-state index contributed by atoms with van der Waals surface area (Å²) in [5, 5.41) is 8.66. The number of hydrogen-bond acceptors (Lipinski definition) is 4. The Bertz CT molecular complexity index is 674. The van der Waals surface area contributed by atoms with E-state index in [-0.39, 0.29) is 0 Å². The van der Waals surface area contributed by atoms with Crippen molar-refractivity contribution < 1.29 is 31.9 Å². The van der Waals surface area contributed by atoms with E-state index in [1.165, 1.54) is 0 Å². The maximum atomic E-state index is 13.8. The van der Waals surface area contributed by atoms with Crippen LogP contribution in [0.25, 0.3) is 0 Å². The van der Waals surface area contributed by atoms with Gasteiger partial charge in [-0.2, -0.15) is 4.31 Å². The molecule has 0 aliphatic rings. The van der Waals surface area contributed by atoms with Crippen molar-refractivity contribution in [3.63, 3.8) is 0 Å². The van der Waals surface area contributed by atoms with E-state index in [1.807, 2.05) is 0 Å². The van der Waals surface area contributed by atoms with Gasteiger partial charge >= 0.3 is 5.97 Å². The van der Waals surface area contributed by atoms with E-state index in [2.05, 4.69) is 0 Å². The highest BCUT2D eigenvalue weighted by Gasteiger charge is 2.30. The summed E-state index contributed by atoms with van der Waals surface area (Å²) in [6.45, 7) is -0.735. The van der Waals surface area contributed by atoms with Crippen molar-refractivity contribution in [3.8, 4) is 0 Å². The minimum atomic E-state index is -4.51. The maximum absolute atomic E-state index is 13.8. The molecule has 0 heterocycles. The molecule has 0 spiro atoms. The van der Waals surface area contributed by atoms with Gasteiger partial charge in [0.1, 0.15) is 16.3 Å². The second kappa shape index (κ2) is 5.51. The Kier molecular flexibility index (Phi) is 4.40. The zero-order valence-electron chi connectivity index (χ0n) is 10.1. The first-order valence-electron chi connectivity index (χ1n) is 5.05. The van der Waals surface area contributed by atoms with Crippen molar-refractivity contribution in [3.05, 3.63) is 29.3 Å². The number of sulfonamides is 1. The first kappa shape index (κ1) is 16.0. The zero-order valence-corrected chi connectivity index (χ0v) is 10.9. The van der Waals surface area contributed by atoms with Crippen molar-refractivity contribution in [2.45, 2.75) is 4.90 Å². The second-order valence-electron chi connectivity index (χ2n) is 3.77. The van der Waals surface area contributed by atoms with Gasteiger partial charge in [-0.1, -0.05) is 0 Å². The third-order valence-electron chi connectivity index (χ3n) is 2.34. The van der Waals surface area contributed by atoms with Gasteiger partial charge < -0.3 is 10.8 Å². The fourth-order valence-corrected chi connectivity index (χ4v) is 2.60. The van der Waals surface area contributed by atoms with Gasteiger partial charge in [0.15, 0.2) is 5.82 Å². The monoisotopic (exact) mass is 308 g/mol. The standard InChI is InChI=1S/C10H10F2N2O5S/c1-14(4-7(13)15)20(18,19)6-3-2-5(11)8(9(6)12)10(16)17/h2-3H,4H2,1H3,(H2,13,15)(H,16,17). The molecule has 3 N–H and O–H groups in total. The average molecular weight is 308 g/mol. The minimum Gasteiger partial charge on any atom is -0.477 e. The van der Waals surface area contributed by atoms with E-state index in [0.717, 1.165) is 7.05 Å². The van der Waals surface area contributed by atoms with E-state index >= 15 is 0 Å². The van der Waals surface area contributed by atoms with Crippen LogP contribution in [0, 0.1) is 11.6 Å². The summed E-state index contributed by atoms with van der Waals surface area (Å²) in [5.41, 5.74) is 3.43. The van der Waals surface area contributed by atoms with Crippen molar-refractivity contribution in [1.29, 1.82) is 0 Å². The number of carbonyl (C=O) groups is 2. The lowest BCUT2D eigenvalue weighted by Gasteiger charge is -2.16. The van der Waals surface area contributed by atoms with Gasteiger partial charge in [-0.05, 0) is 12.1 Å². The van der Waals surface area contributed by atoms with E-state index in [4.69, 9.17) is 10.8 Å². The van der Waals surface area contributed by atoms with Crippen LogP contribution >= 0.6 is 0 Å². The van der Waals surface area contributed by atoms with Crippen LogP contribution in [0.15, 0.2) is 17.0 Å². The molecule has 0 radical (unpaired) electrons. The number of carbonyl (C=O) groups excluding carboxylic acids is 1. The Hall–Kier alpha value is -2.07. The number of halogens is 2. The van der Waals surface area contributed by atoms with E-state index < -0.39 is 50.5 Å². The third kappa shape index (κ3) is 2.91. The fourth-order valence-electron chi connectivity index (χ4n) is 1.40. The van der Waals surface area contributed by atoms with Crippen LogP contribution in [0.1, 0.15) is 10.4 Å². The molecule has 0 aliphatic heterocycles. The number of carboxylic acid groups (broad SMARTS) is 1. The number of primary amides is 1. The molecule has 1 aromatic carbocycles. The molecule has 0 unspecified atom stereocenters. The van der Waals surface area contributed by atoms with Crippen molar-refractivity contribution in [2.75, 3.05) is 13.6 Å². The van der Waals surface area contributed by atoms with Gasteiger partial charge in [-0.25, -0.2) is 22.0 Å². The molecule has 0 saturated carbocycles. The van der Waals surface area contributed by atoms with E-state index in [9.17, 15) is 26.8 Å². The lowest BCUT2D eigenvalue weighted by atomic mass is 10.2. The van der Waals surface area contributed by atoms with Crippen molar-refractivity contribution >= 4 is 21.9 Å². The number of aromatic carboxylic acids is 1. The molecular weight excluding hydrogens is 298 g/mol. The lowest BCUT2D eigenvalue weighted by molar-refractivity contribution is -0.118. The normalized spacial score (nSPS) is 11.6. The number of carboxylic acids is 1.